The van der Waals surface area contributed by atoms with Gasteiger partial charge in [0.2, 0.25) is 0 Å². The molecule has 2 aliphatic carbocycles. The van der Waals surface area contributed by atoms with Gasteiger partial charge in [0, 0.05) is 23.8 Å². The molecule has 0 radical (unpaired) electrons. The molecule has 1 aromatic heterocycles. The van der Waals surface area contributed by atoms with E-state index in [1.165, 1.54) is 11.1 Å². The van der Waals surface area contributed by atoms with Crippen LogP contribution in [0.1, 0.15) is 28.7 Å². The zero-order chi connectivity index (χ0) is 22.1. The number of allylic oxidation sites excluding steroid dienone is 3. The van der Waals surface area contributed by atoms with Crippen molar-refractivity contribution in [3.05, 3.63) is 112 Å². The van der Waals surface area contributed by atoms with Crippen molar-refractivity contribution in [1.29, 1.82) is 0 Å². The first-order valence-electron chi connectivity index (χ1n) is 10.7. The molecular formula is C27H23N3O2. The van der Waals surface area contributed by atoms with Gasteiger partial charge < -0.3 is 5.32 Å². The first-order valence-corrected chi connectivity index (χ1v) is 10.7. The Balaban J connectivity index is 1.29. The summed E-state index contributed by atoms with van der Waals surface area (Å²) in [5.74, 6) is -0.187. The van der Waals surface area contributed by atoms with Crippen LogP contribution in [0, 0.1) is 6.92 Å². The lowest BCUT2D eigenvalue weighted by atomic mass is 9.91. The number of aryl methyl sites for hydroxylation is 1. The zero-order valence-corrected chi connectivity index (χ0v) is 17.8. The number of nitrogens with zero attached hydrogens (tertiary/aromatic N) is 2. The number of Topliss-reactive ketones (excluding diaryl/α,β-unsaturated/α-hetero) is 1. The van der Waals surface area contributed by atoms with Crippen LogP contribution in [0.15, 0.2) is 89.8 Å². The van der Waals surface area contributed by atoms with E-state index in [1.54, 1.807) is 23.0 Å². The summed E-state index contributed by atoms with van der Waals surface area (Å²) in [7, 11) is 0. The fourth-order valence-electron chi connectivity index (χ4n) is 4.21. The molecule has 0 fully saturated rings. The maximum atomic E-state index is 12.9. The van der Waals surface area contributed by atoms with E-state index in [1.807, 2.05) is 30.5 Å². The Morgan fingerprint density at radius 2 is 2.00 bits per heavy atom. The third-order valence-electron chi connectivity index (χ3n) is 5.80. The van der Waals surface area contributed by atoms with Crippen LogP contribution in [-0.2, 0) is 22.6 Å². The van der Waals surface area contributed by atoms with Crippen LogP contribution >= 0.6 is 0 Å². The standard InChI is InChI=1S/C27H23N3O2/c1-18-5-4-6-19(11-18)16-30-17-24(15-28-30)29-27(32)22-9-10-26(31)25(14-22)23-12-20-7-2-3-8-21(20)13-23/h2-9,11-12,14-15,17H,10,13,16H2,1H3,(H,29,32). The molecule has 0 saturated carbocycles. The molecule has 1 N–H and O–H groups in total. The number of rotatable bonds is 5. The summed E-state index contributed by atoms with van der Waals surface area (Å²) in [5.41, 5.74) is 7.42. The number of anilines is 1. The smallest absolute Gasteiger partial charge is 0.255 e. The summed E-state index contributed by atoms with van der Waals surface area (Å²) in [6.07, 6.45) is 9.87. The minimum atomic E-state index is -0.235. The Morgan fingerprint density at radius 3 is 2.84 bits per heavy atom. The van der Waals surface area contributed by atoms with E-state index in [0.29, 0.717) is 29.8 Å². The average Bonchev–Trinajstić information content (AvgIpc) is 3.40. The molecule has 2 aromatic carbocycles. The summed E-state index contributed by atoms with van der Waals surface area (Å²) < 4.78 is 1.80. The van der Waals surface area contributed by atoms with Crippen molar-refractivity contribution in [2.75, 3.05) is 5.32 Å². The molecule has 5 rings (SSSR count). The summed E-state index contributed by atoms with van der Waals surface area (Å²) in [4.78, 5) is 25.4. The molecule has 5 heteroatoms. The first-order chi connectivity index (χ1) is 15.5. The van der Waals surface area contributed by atoms with E-state index in [9.17, 15) is 9.59 Å². The molecular weight excluding hydrogens is 398 g/mol. The predicted octanol–water partition coefficient (Wildman–Crippen LogP) is 4.64. The first kappa shape index (κ1) is 19.9. The number of benzene rings is 2. The van der Waals surface area contributed by atoms with E-state index in [-0.39, 0.29) is 18.1 Å². The van der Waals surface area contributed by atoms with E-state index < -0.39 is 0 Å². The number of carbonyl (C=O) groups is 2. The summed E-state index contributed by atoms with van der Waals surface area (Å²) in [6.45, 7) is 2.69. The van der Waals surface area contributed by atoms with Crippen molar-refractivity contribution in [1.82, 2.24) is 9.78 Å². The molecule has 5 nitrogen and oxygen atoms in total. The maximum Gasteiger partial charge on any atom is 0.255 e. The van der Waals surface area contributed by atoms with Gasteiger partial charge in [0.05, 0.1) is 18.4 Å². The second kappa shape index (κ2) is 8.27. The van der Waals surface area contributed by atoms with Crippen molar-refractivity contribution in [3.8, 4) is 0 Å². The van der Waals surface area contributed by atoms with Gasteiger partial charge >= 0.3 is 0 Å². The van der Waals surface area contributed by atoms with E-state index >= 15 is 0 Å². The SMILES string of the molecule is Cc1cccc(Cn2cc(NC(=O)C3=CCC(=O)C(C4=Cc5ccccc5C4)=C3)cn2)c1. The van der Waals surface area contributed by atoms with Crippen LogP contribution in [-0.4, -0.2) is 21.5 Å². The van der Waals surface area contributed by atoms with Crippen molar-refractivity contribution in [2.24, 2.45) is 0 Å². The molecule has 1 heterocycles. The third kappa shape index (κ3) is 4.10. The number of hydrogen-bond donors (Lipinski definition) is 1. The molecule has 32 heavy (non-hydrogen) atoms. The lowest BCUT2D eigenvalue weighted by molar-refractivity contribution is -0.114. The second-order valence-corrected chi connectivity index (χ2v) is 8.26. The minimum Gasteiger partial charge on any atom is -0.319 e. The maximum absolute atomic E-state index is 12.9. The van der Waals surface area contributed by atoms with Gasteiger partial charge in [-0.2, -0.15) is 5.10 Å². The Labute approximate surface area is 186 Å². The van der Waals surface area contributed by atoms with Gasteiger partial charge in [-0.1, -0.05) is 66.2 Å². The highest BCUT2D eigenvalue weighted by Crippen LogP contribution is 2.32. The molecule has 0 saturated heterocycles. The van der Waals surface area contributed by atoms with Gasteiger partial charge in [0.25, 0.3) is 5.91 Å². The number of carbonyl (C=O) groups excluding carboxylic acids is 2. The normalized spacial score (nSPS) is 15.0. The Kier molecular flexibility index (Phi) is 5.15. The third-order valence-corrected chi connectivity index (χ3v) is 5.80. The monoisotopic (exact) mass is 421 g/mol. The molecule has 158 valence electrons. The molecule has 0 spiro atoms. The van der Waals surface area contributed by atoms with Gasteiger partial charge in [-0.05, 0) is 41.7 Å². The highest BCUT2D eigenvalue weighted by Gasteiger charge is 2.24. The number of nitrogens with one attached hydrogen (secondary N) is 1. The summed E-state index contributed by atoms with van der Waals surface area (Å²) >= 11 is 0. The fraction of sp³-hybridized carbons (Fsp3) is 0.148. The molecule has 0 unspecified atom stereocenters. The summed E-state index contributed by atoms with van der Waals surface area (Å²) in [5, 5.41) is 7.26. The Bertz CT molecular complexity index is 1320. The average molecular weight is 422 g/mol. The van der Waals surface area contributed by atoms with Crippen LogP contribution in [0.2, 0.25) is 0 Å². The second-order valence-electron chi connectivity index (χ2n) is 8.26. The highest BCUT2D eigenvalue weighted by atomic mass is 16.2. The lowest BCUT2D eigenvalue weighted by Crippen LogP contribution is -2.18. The quantitative estimate of drug-likeness (QED) is 0.653. The number of fused-ring (bicyclic) bond motifs is 1. The molecule has 1 amide bonds. The number of aromatic nitrogens is 2. The van der Waals surface area contributed by atoms with E-state index in [4.69, 9.17) is 0 Å². The van der Waals surface area contributed by atoms with E-state index in [2.05, 4.69) is 47.7 Å². The van der Waals surface area contributed by atoms with Crippen LogP contribution < -0.4 is 5.32 Å². The van der Waals surface area contributed by atoms with Gasteiger partial charge in [-0.3, -0.25) is 14.3 Å². The van der Waals surface area contributed by atoms with Gasteiger partial charge in [-0.25, -0.2) is 0 Å². The zero-order valence-electron chi connectivity index (χ0n) is 17.8. The molecule has 3 aromatic rings. The molecule has 0 bridgehead atoms. The molecule has 0 atom stereocenters. The van der Waals surface area contributed by atoms with Gasteiger partial charge in [-0.15, -0.1) is 0 Å². The number of hydrogen-bond acceptors (Lipinski definition) is 3. The lowest BCUT2D eigenvalue weighted by Gasteiger charge is -2.14. The van der Waals surface area contributed by atoms with Crippen LogP contribution in [0.3, 0.4) is 0 Å². The van der Waals surface area contributed by atoms with Crippen molar-refractivity contribution in [2.45, 2.75) is 26.3 Å². The topological polar surface area (TPSA) is 64.0 Å². The van der Waals surface area contributed by atoms with Crippen LogP contribution in [0.4, 0.5) is 5.69 Å². The Morgan fingerprint density at radius 1 is 1.12 bits per heavy atom. The van der Waals surface area contributed by atoms with Gasteiger partial charge in [0.1, 0.15) is 0 Å². The van der Waals surface area contributed by atoms with Crippen molar-refractivity contribution in [3.63, 3.8) is 0 Å². The number of amides is 1. The van der Waals surface area contributed by atoms with Crippen molar-refractivity contribution < 1.29 is 9.59 Å². The largest absolute Gasteiger partial charge is 0.319 e. The van der Waals surface area contributed by atoms with Crippen LogP contribution in [0.25, 0.3) is 6.08 Å². The number of ketones is 1. The Hall–Kier alpha value is -3.99. The highest BCUT2D eigenvalue weighted by molar-refractivity contribution is 6.12. The predicted molar refractivity (Wildman–Crippen MR) is 125 cm³/mol. The molecule has 2 aliphatic rings. The minimum absolute atomic E-state index is 0.0478. The molecule has 0 aliphatic heterocycles. The van der Waals surface area contributed by atoms with E-state index in [0.717, 1.165) is 16.7 Å². The fourth-order valence-corrected chi connectivity index (χ4v) is 4.21. The van der Waals surface area contributed by atoms with Crippen LogP contribution in [0.5, 0.6) is 0 Å². The summed E-state index contributed by atoms with van der Waals surface area (Å²) in [6, 6.07) is 16.4. The van der Waals surface area contributed by atoms with Gasteiger partial charge in [0.15, 0.2) is 5.78 Å². The van der Waals surface area contributed by atoms with Crippen molar-refractivity contribution >= 4 is 23.5 Å².